The molecule has 2 aromatic heterocycles. The Morgan fingerprint density at radius 1 is 1.21 bits per heavy atom. The summed E-state index contributed by atoms with van der Waals surface area (Å²) in [6.07, 6.45) is -0.948. The van der Waals surface area contributed by atoms with Gasteiger partial charge in [0.25, 0.3) is 0 Å². The monoisotopic (exact) mass is 268 g/mol. The van der Waals surface area contributed by atoms with Crippen LogP contribution in [0.25, 0.3) is 11.3 Å². The first-order valence-corrected chi connectivity index (χ1v) is 5.46. The molecule has 2 aromatic rings. The van der Waals surface area contributed by atoms with Crippen LogP contribution in [0.15, 0.2) is 24.8 Å². The van der Waals surface area contributed by atoms with Crippen molar-refractivity contribution in [3.8, 4) is 11.3 Å². The fourth-order valence-electron chi connectivity index (χ4n) is 1.80. The largest absolute Gasteiger partial charge is 0.417 e. The highest BCUT2D eigenvalue weighted by molar-refractivity contribution is 5.70. The molecule has 2 rings (SSSR count). The van der Waals surface area contributed by atoms with Crippen LogP contribution in [0.4, 0.5) is 19.0 Å². The quantitative estimate of drug-likeness (QED) is 0.909. The number of hydrogen-bond acceptors (Lipinski definition) is 4. The molecule has 0 atom stereocenters. The molecule has 0 radical (unpaired) electrons. The number of halogens is 3. The number of hydrogen-bond donors (Lipinski definition) is 1. The van der Waals surface area contributed by atoms with Crippen LogP contribution < -0.4 is 5.32 Å². The first kappa shape index (κ1) is 13.3. The van der Waals surface area contributed by atoms with E-state index in [1.165, 1.54) is 6.33 Å². The highest BCUT2D eigenvalue weighted by Gasteiger charge is 2.34. The Balaban J connectivity index is 2.67. The fraction of sp³-hybridized carbons (Fsp3) is 0.250. The van der Waals surface area contributed by atoms with Crippen LogP contribution in [0.1, 0.15) is 11.1 Å². The van der Waals surface area contributed by atoms with Crippen LogP contribution in [0.3, 0.4) is 0 Å². The SMILES string of the molecule is CNc1ncnc(-c2cnccc2C(F)(F)F)c1C. The molecule has 0 aliphatic heterocycles. The molecule has 0 saturated heterocycles. The number of rotatable bonds is 2. The van der Waals surface area contributed by atoms with Gasteiger partial charge in [-0.2, -0.15) is 13.2 Å². The van der Waals surface area contributed by atoms with E-state index in [9.17, 15) is 13.2 Å². The molecule has 0 aromatic carbocycles. The van der Waals surface area contributed by atoms with Crippen molar-refractivity contribution in [2.75, 3.05) is 12.4 Å². The summed E-state index contributed by atoms with van der Waals surface area (Å²) in [5, 5.41) is 2.81. The minimum absolute atomic E-state index is 0.0496. The summed E-state index contributed by atoms with van der Waals surface area (Å²) in [4.78, 5) is 11.6. The molecule has 0 aliphatic rings. The van der Waals surface area contributed by atoms with Gasteiger partial charge in [0.2, 0.25) is 0 Å². The van der Waals surface area contributed by atoms with Gasteiger partial charge < -0.3 is 5.32 Å². The first-order valence-electron chi connectivity index (χ1n) is 5.46. The Kier molecular flexibility index (Phi) is 3.37. The Bertz CT molecular complexity index is 596. The maximum atomic E-state index is 13.0. The van der Waals surface area contributed by atoms with Gasteiger partial charge in [-0.05, 0) is 13.0 Å². The van der Waals surface area contributed by atoms with E-state index in [1.807, 2.05) is 0 Å². The summed E-state index contributed by atoms with van der Waals surface area (Å²) in [6.45, 7) is 1.66. The van der Waals surface area contributed by atoms with Crippen LogP contribution in [0.5, 0.6) is 0 Å². The molecule has 2 heterocycles. The summed E-state index contributed by atoms with van der Waals surface area (Å²) in [5.74, 6) is 0.488. The van der Waals surface area contributed by atoms with Gasteiger partial charge in [0.15, 0.2) is 0 Å². The van der Waals surface area contributed by atoms with Crippen molar-refractivity contribution in [2.24, 2.45) is 0 Å². The van der Waals surface area contributed by atoms with Gasteiger partial charge >= 0.3 is 6.18 Å². The van der Waals surface area contributed by atoms with E-state index in [4.69, 9.17) is 0 Å². The van der Waals surface area contributed by atoms with Crippen molar-refractivity contribution in [3.05, 3.63) is 35.9 Å². The predicted molar refractivity (Wildman–Crippen MR) is 64.5 cm³/mol. The van der Waals surface area contributed by atoms with Gasteiger partial charge in [0.1, 0.15) is 12.1 Å². The average molecular weight is 268 g/mol. The van der Waals surface area contributed by atoms with E-state index >= 15 is 0 Å². The molecule has 19 heavy (non-hydrogen) atoms. The third-order valence-electron chi connectivity index (χ3n) is 2.70. The van der Waals surface area contributed by atoms with Gasteiger partial charge in [-0.25, -0.2) is 9.97 Å². The molecular formula is C12H11F3N4. The van der Waals surface area contributed by atoms with Crippen molar-refractivity contribution in [2.45, 2.75) is 13.1 Å². The van der Waals surface area contributed by atoms with Gasteiger partial charge in [-0.3, -0.25) is 4.98 Å². The van der Waals surface area contributed by atoms with Crippen LogP contribution in [-0.2, 0) is 6.18 Å². The second kappa shape index (κ2) is 4.83. The Hall–Kier alpha value is -2.18. The normalized spacial score (nSPS) is 11.4. The molecule has 1 N–H and O–H groups in total. The van der Waals surface area contributed by atoms with Gasteiger partial charge in [-0.15, -0.1) is 0 Å². The van der Waals surface area contributed by atoms with E-state index in [1.54, 1.807) is 14.0 Å². The Labute approximate surface area is 107 Å². The molecule has 0 unspecified atom stereocenters. The van der Waals surface area contributed by atoms with Crippen molar-refractivity contribution in [1.82, 2.24) is 15.0 Å². The zero-order valence-corrected chi connectivity index (χ0v) is 10.3. The van der Waals surface area contributed by atoms with E-state index in [0.29, 0.717) is 11.4 Å². The standard InChI is InChI=1S/C12H11F3N4/c1-7-10(18-6-19-11(7)16-2)8-5-17-4-3-9(8)12(13,14)15/h3-6H,1-2H3,(H,16,18,19). The van der Waals surface area contributed by atoms with Gasteiger partial charge in [0.05, 0.1) is 11.3 Å². The van der Waals surface area contributed by atoms with E-state index in [-0.39, 0.29) is 11.3 Å². The zero-order chi connectivity index (χ0) is 14.0. The third-order valence-corrected chi connectivity index (χ3v) is 2.70. The summed E-state index contributed by atoms with van der Waals surface area (Å²) in [7, 11) is 1.65. The highest BCUT2D eigenvalue weighted by atomic mass is 19.4. The van der Waals surface area contributed by atoms with Crippen molar-refractivity contribution < 1.29 is 13.2 Å². The smallest absolute Gasteiger partial charge is 0.373 e. The maximum absolute atomic E-state index is 13.0. The molecule has 0 bridgehead atoms. The van der Waals surface area contributed by atoms with Gasteiger partial charge in [0, 0.05) is 30.6 Å². The number of pyridine rings is 1. The third kappa shape index (κ3) is 2.49. The summed E-state index contributed by atoms with van der Waals surface area (Å²) in [5.41, 5.74) is -0.0407. The summed E-state index contributed by atoms with van der Waals surface area (Å²) >= 11 is 0. The molecule has 0 spiro atoms. The van der Waals surface area contributed by atoms with E-state index in [2.05, 4.69) is 20.3 Å². The summed E-state index contributed by atoms with van der Waals surface area (Å²) in [6, 6.07) is 0.940. The van der Waals surface area contributed by atoms with Crippen molar-refractivity contribution >= 4 is 5.82 Å². The number of nitrogens with one attached hydrogen (secondary N) is 1. The predicted octanol–water partition coefficient (Wildman–Crippen LogP) is 2.91. The molecule has 0 fully saturated rings. The molecule has 4 nitrogen and oxygen atoms in total. The van der Waals surface area contributed by atoms with E-state index < -0.39 is 11.7 Å². The number of alkyl halides is 3. The minimum atomic E-state index is -4.45. The second-order valence-electron chi connectivity index (χ2n) is 3.86. The number of aromatic nitrogens is 3. The van der Waals surface area contributed by atoms with Crippen LogP contribution in [0.2, 0.25) is 0 Å². The van der Waals surface area contributed by atoms with Crippen molar-refractivity contribution in [1.29, 1.82) is 0 Å². The zero-order valence-electron chi connectivity index (χ0n) is 10.3. The molecular weight excluding hydrogens is 257 g/mol. The van der Waals surface area contributed by atoms with Gasteiger partial charge in [-0.1, -0.05) is 0 Å². The van der Waals surface area contributed by atoms with Crippen LogP contribution in [0, 0.1) is 6.92 Å². The second-order valence-corrected chi connectivity index (χ2v) is 3.86. The molecule has 0 saturated carbocycles. The topological polar surface area (TPSA) is 50.7 Å². The molecule has 0 aliphatic carbocycles. The summed E-state index contributed by atoms with van der Waals surface area (Å²) < 4.78 is 38.9. The first-order chi connectivity index (χ1) is 8.95. The Morgan fingerprint density at radius 3 is 2.58 bits per heavy atom. The highest BCUT2D eigenvalue weighted by Crippen LogP contribution is 2.37. The lowest BCUT2D eigenvalue weighted by atomic mass is 10.0. The van der Waals surface area contributed by atoms with Crippen LogP contribution in [-0.4, -0.2) is 22.0 Å². The fourth-order valence-corrected chi connectivity index (χ4v) is 1.80. The Morgan fingerprint density at radius 2 is 1.95 bits per heavy atom. The molecule has 0 amide bonds. The van der Waals surface area contributed by atoms with E-state index in [0.717, 1.165) is 18.5 Å². The number of nitrogens with zero attached hydrogens (tertiary/aromatic N) is 3. The lowest BCUT2D eigenvalue weighted by Gasteiger charge is -2.14. The lowest BCUT2D eigenvalue weighted by molar-refractivity contribution is -0.137. The molecule has 7 heteroatoms. The molecule has 100 valence electrons. The lowest BCUT2D eigenvalue weighted by Crippen LogP contribution is -2.09. The average Bonchev–Trinajstić information content (AvgIpc) is 2.38. The van der Waals surface area contributed by atoms with Crippen LogP contribution >= 0.6 is 0 Å². The maximum Gasteiger partial charge on any atom is 0.417 e. The number of anilines is 1. The minimum Gasteiger partial charge on any atom is -0.373 e. The van der Waals surface area contributed by atoms with Crippen molar-refractivity contribution in [3.63, 3.8) is 0 Å².